The number of nitro groups is 1. The minimum atomic E-state index is -0.446. The van der Waals surface area contributed by atoms with E-state index in [0.717, 1.165) is 20.1 Å². The standard InChI is InChI=1S/C20H11N3O3S2/c21-12-16(27-20-22-17-3-1-2-4-19(17)28-20)11-15-9-10-18(26-15)13-5-7-14(8-6-13)23(24)25/h1-11H/b16-11+. The molecule has 2 heterocycles. The van der Waals surface area contributed by atoms with Crippen LogP contribution in [0.2, 0.25) is 0 Å². The molecule has 0 unspecified atom stereocenters. The van der Waals surface area contributed by atoms with Gasteiger partial charge in [-0.25, -0.2) is 4.98 Å². The molecule has 0 aliphatic rings. The van der Waals surface area contributed by atoms with Crippen LogP contribution in [0.25, 0.3) is 27.6 Å². The summed E-state index contributed by atoms with van der Waals surface area (Å²) in [6, 6.07) is 19.6. The van der Waals surface area contributed by atoms with Gasteiger partial charge in [0.15, 0.2) is 4.34 Å². The van der Waals surface area contributed by atoms with Crippen LogP contribution < -0.4 is 0 Å². The lowest BCUT2D eigenvalue weighted by Crippen LogP contribution is -1.86. The van der Waals surface area contributed by atoms with Crippen LogP contribution in [0, 0.1) is 21.4 Å². The van der Waals surface area contributed by atoms with Crippen LogP contribution in [0.1, 0.15) is 5.76 Å². The highest BCUT2D eigenvalue weighted by atomic mass is 32.2. The van der Waals surface area contributed by atoms with Crippen molar-refractivity contribution in [1.29, 1.82) is 5.26 Å². The molecule has 0 aliphatic carbocycles. The van der Waals surface area contributed by atoms with E-state index in [2.05, 4.69) is 11.1 Å². The number of hydrogen-bond donors (Lipinski definition) is 0. The van der Waals surface area contributed by atoms with Gasteiger partial charge in [-0.2, -0.15) is 5.26 Å². The van der Waals surface area contributed by atoms with Crippen molar-refractivity contribution < 1.29 is 9.34 Å². The van der Waals surface area contributed by atoms with Crippen molar-refractivity contribution in [3.05, 3.63) is 81.4 Å². The Morgan fingerprint density at radius 2 is 1.96 bits per heavy atom. The molecule has 2 aromatic carbocycles. The lowest BCUT2D eigenvalue weighted by Gasteiger charge is -1.97. The van der Waals surface area contributed by atoms with Gasteiger partial charge in [0.05, 0.1) is 20.0 Å². The summed E-state index contributed by atoms with van der Waals surface area (Å²) in [4.78, 5) is 15.3. The quantitative estimate of drug-likeness (QED) is 0.172. The number of aromatic nitrogens is 1. The van der Waals surface area contributed by atoms with E-state index in [1.807, 2.05) is 24.3 Å². The SMILES string of the molecule is N#C/C(=C\c1ccc(-c2ccc([N+](=O)[O-])cc2)o1)Sc1nc2ccccc2s1. The molecule has 8 heteroatoms. The van der Waals surface area contributed by atoms with Crippen molar-refractivity contribution in [3.63, 3.8) is 0 Å². The van der Waals surface area contributed by atoms with Gasteiger partial charge < -0.3 is 4.42 Å². The summed E-state index contributed by atoms with van der Waals surface area (Å²) >= 11 is 2.82. The smallest absolute Gasteiger partial charge is 0.269 e. The number of fused-ring (bicyclic) bond motifs is 1. The molecule has 4 rings (SSSR count). The summed E-state index contributed by atoms with van der Waals surface area (Å²) in [5, 5.41) is 20.2. The van der Waals surface area contributed by atoms with Crippen molar-refractivity contribution in [3.8, 4) is 17.4 Å². The van der Waals surface area contributed by atoms with Gasteiger partial charge in [-0.05, 0) is 48.2 Å². The Kier molecular flexibility index (Phi) is 4.93. The van der Waals surface area contributed by atoms with Crippen LogP contribution in [0.4, 0.5) is 5.69 Å². The van der Waals surface area contributed by atoms with E-state index < -0.39 is 4.92 Å². The second-order valence-corrected chi connectivity index (χ2v) is 8.00. The molecular weight excluding hydrogens is 394 g/mol. The van der Waals surface area contributed by atoms with E-state index in [1.54, 1.807) is 30.3 Å². The second kappa shape index (κ2) is 7.68. The zero-order valence-electron chi connectivity index (χ0n) is 14.2. The Morgan fingerprint density at radius 3 is 2.68 bits per heavy atom. The molecule has 6 nitrogen and oxygen atoms in total. The molecule has 4 aromatic rings. The third kappa shape index (κ3) is 3.81. The van der Waals surface area contributed by atoms with E-state index >= 15 is 0 Å². The average molecular weight is 405 g/mol. The molecule has 0 amide bonds. The Hall–Kier alpha value is -3.41. The largest absolute Gasteiger partial charge is 0.457 e. The first-order valence-corrected chi connectivity index (χ1v) is 9.75. The minimum absolute atomic E-state index is 0.0226. The number of rotatable bonds is 5. The lowest BCUT2D eigenvalue weighted by molar-refractivity contribution is -0.384. The van der Waals surface area contributed by atoms with Crippen LogP contribution in [0.3, 0.4) is 0 Å². The van der Waals surface area contributed by atoms with Crippen LogP contribution in [-0.2, 0) is 0 Å². The number of allylic oxidation sites excluding steroid dienone is 1. The zero-order valence-corrected chi connectivity index (χ0v) is 15.9. The third-order valence-corrected chi connectivity index (χ3v) is 5.87. The molecule has 0 saturated heterocycles. The van der Waals surface area contributed by atoms with Crippen molar-refractivity contribution >= 4 is 45.1 Å². The van der Waals surface area contributed by atoms with Crippen molar-refractivity contribution in [2.75, 3.05) is 0 Å². The van der Waals surface area contributed by atoms with Crippen LogP contribution in [-0.4, -0.2) is 9.91 Å². The average Bonchev–Trinajstić information content (AvgIpc) is 3.34. The number of non-ortho nitro benzene ring substituents is 1. The number of nitrogens with zero attached hydrogens (tertiary/aromatic N) is 3. The summed E-state index contributed by atoms with van der Waals surface area (Å²) in [7, 11) is 0. The molecular formula is C20H11N3O3S2. The number of hydrogen-bond acceptors (Lipinski definition) is 7. The number of nitriles is 1. The maximum atomic E-state index is 10.8. The van der Waals surface area contributed by atoms with E-state index in [0.29, 0.717) is 16.4 Å². The summed E-state index contributed by atoms with van der Waals surface area (Å²) in [5.41, 5.74) is 1.66. The van der Waals surface area contributed by atoms with Crippen molar-refractivity contribution in [2.24, 2.45) is 0 Å². The van der Waals surface area contributed by atoms with Crippen LogP contribution in [0.5, 0.6) is 0 Å². The van der Waals surface area contributed by atoms with Gasteiger partial charge >= 0.3 is 0 Å². The highest BCUT2D eigenvalue weighted by Gasteiger charge is 2.10. The van der Waals surface area contributed by atoms with Gasteiger partial charge in [-0.3, -0.25) is 10.1 Å². The maximum Gasteiger partial charge on any atom is 0.269 e. The molecule has 0 N–H and O–H groups in total. The molecule has 0 radical (unpaired) electrons. The Labute approximate surface area is 167 Å². The maximum absolute atomic E-state index is 10.8. The van der Waals surface area contributed by atoms with Gasteiger partial charge in [0, 0.05) is 23.8 Å². The van der Waals surface area contributed by atoms with Crippen LogP contribution >= 0.6 is 23.1 Å². The molecule has 0 bridgehead atoms. The Balaban J connectivity index is 1.55. The summed E-state index contributed by atoms with van der Waals surface area (Å²) in [6.45, 7) is 0. The summed E-state index contributed by atoms with van der Waals surface area (Å²) in [5.74, 6) is 1.10. The fourth-order valence-corrected chi connectivity index (χ4v) is 4.49. The molecule has 136 valence electrons. The number of benzene rings is 2. The molecule has 0 saturated carbocycles. The fourth-order valence-electron chi connectivity index (χ4n) is 2.54. The van der Waals surface area contributed by atoms with Gasteiger partial charge in [-0.15, -0.1) is 11.3 Å². The molecule has 0 fully saturated rings. The molecule has 28 heavy (non-hydrogen) atoms. The van der Waals surface area contributed by atoms with Gasteiger partial charge in [0.2, 0.25) is 0 Å². The number of para-hydroxylation sites is 1. The zero-order chi connectivity index (χ0) is 19.5. The highest BCUT2D eigenvalue weighted by Crippen LogP contribution is 2.35. The normalized spacial score (nSPS) is 11.5. The van der Waals surface area contributed by atoms with E-state index in [-0.39, 0.29) is 5.69 Å². The first-order chi connectivity index (χ1) is 13.6. The monoisotopic (exact) mass is 405 g/mol. The second-order valence-electron chi connectivity index (χ2n) is 5.68. The Bertz CT molecular complexity index is 1200. The van der Waals surface area contributed by atoms with E-state index in [4.69, 9.17) is 4.42 Å². The number of furan rings is 1. The predicted molar refractivity (Wildman–Crippen MR) is 110 cm³/mol. The first kappa shape index (κ1) is 18.0. The first-order valence-electron chi connectivity index (χ1n) is 8.12. The van der Waals surface area contributed by atoms with Gasteiger partial charge in [0.1, 0.15) is 17.6 Å². The fraction of sp³-hybridized carbons (Fsp3) is 0. The third-order valence-electron chi connectivity index (χ3n) is 3.84. The van der Waals surface area contributed by atoms with Gasteiger partial charge in [0.25, 0.3) is 5.69 Å². The number of thioether (sulfide) groups is 1. The topological polar surface area (TPSA) is 93.0 Å². The summed E-state index contributed by atoms with van der Waals surface area (Å²) in [6.07, 6.45) is 1.66. The minimum Gasteiger partial charge on any atom is -0.457 e. The molecule has 0 spiro atoms. The van der Waals surface area contributed by atoms with Crippen molar-refractivity contribution in [2.45, 2.75) is 4.34 Å². The number of nitro benzene ring substituents is 1. The van der Waals surface area contributed by atoms with Gasteiger partial charge in [-0.1, -0.05) is 12.1 Å². The van der Waals surface area contributed by atoms with Crippen molar-refractivity contribution in [1.82, 2.24) is 4.98 Å². The lowest BCUT2D eigenvalue weighted by atomic mass is 10.1. The van der Waals surface area contributed by atoms with E-state index in [1.165, 1.54) is 35.2 Å². The van der Waals surface area contributed by atoms with Crippen LogP contribution in [0.15, 0.2) is 74.3 Å². The molecule has 0 aliphatic heterocycles. The Morgan fingerprint density at radius 1 is 1.18 bits per heavy atom. The molecule has 0 atom stereocenters. The molecule has 2 aromatic heterocycles. The number of thiazole rings is 1. The predicted octanol–water partition coefficient (Wildman–Crippen LogP) is 6.12. The summed E-state index contributed by atoms with van der Waals surface area (Å²) < 4.78 is 7.63. The van der Waals surface area contributed by atoms with E-state index in [9.17, 15) is 15.4 Å². The highest BCUT2D eigenvalue weighted by molar-refractivity contribution is 8.05.